The second-order valence-electron chi connectivity index (χ2n) is 6.74. The molecule has 6 heteroatoms. The Bertz CT molecular complexity index is 1030. The highest BCUT2D eigenvalue weighted by molar-refractivity contribution is 7.16. The number of fused-ring (bicyclic) bond motifs is 2. The highest BCUT2D eigenvalue weighted by Crippen LogP contribution is 2.29. The molecule has 0 radical (unpaired) electrons. The fraction of sp³-hybridized carbons (Fsp3) is 0.300. The summed E-state index contributed by atoms with van der Waals surface area (Å²) < 4.78 is 7.28. The van der Waals surface area contributed by atoms with Crippen molar-refractivity contribution < 1.29 is 0 Å². The van der Waals surface area contributed by atoms with Gasteiger partial charge in [-0.25, -0.2) is 4.98 Å². The van der Waals surface area contributed by atoms with Crippen LogP contribution in [0.5, 0.6) is 0 Å². The molecule has 0 unspecified atom stereocenters. The Balaban J connectivity index is 1.20. The van der Waals surface area contributed by atoms with E-state index in [1.54, 1.807) is 22.9 Å². The van der Waals surface area contributed by atoms with E-state index in [4.69, 9.17) is 4.37 Å². The van der Waals surface area contributed by atoms with Crippen LogP contribution < -0.4 is 4.90 Å². The standard InChI is InChI=1S/C20H20N4S2/c1-2-4-18-16(3-1)20(22-26-18)24-11-9-23(10-12-24)8-7-15-5-6-17-19(13-15)25-14-21-17/h1-6,13-14H,7-12H2. The molecule has 0 atom stereocenters. The lowest BCUT2D eigenvalue weighted by atomic mass is 10.1. The minimum atomic E-state index is 1.06. The van der Waals surface area contributed by atoms with E-state index < -0.39 is 0 Å². The van der Waals surface area contributed by atoms with Gasteiger partial charge < -0.3 is 4.90 Å². The topological polar surface area (TPSA) is 32.3 Å². The maximum absolute atomic E-state index is 4.71. The highest BCUT2D eigenvalue weighted by Gasteiger charge is 2.20. The predicted molar refractivity (Wildman–Crippen MR) is 112 cm³/mol. The molecule has 1 aliphatic heterocycles. The number of hydrogen-bond donors (Lipinski definition) is 0. The number of nitrogens with zero attached hydrogens (tertiary/aromatic N) is 4. The number of anilines is 1. The van der Waals surface area contributed by atoms with E-state index >= 15 is 0 Å². The van der Waals surface area contributed by atoms with Crippen LogP contribution in [0.25, 0.3) is 20.3 Å². The van der Waals surface area contributed by atoms with Crippen molar-refractivity contribution in [3.8, 4) is 0 Å². The van der Waals surface area contributed by atoms with Gasteiger partial charge in [-0.3, -0.25) is 4.90 Å². The van der Waals surface area contributed by atoms with E-state index in [0.717, 1.165) is 44.7 Å². The van der Waals surface area contributed by atoms with E-state index in [1.807, 2.05) is 5.51 Å². The molecule has 132 valence electrons. The number of hydrogen-bond acceptors (Lipinski definition) is 6. The second kappa shape index (κ2) is 6.95. The van der Waals surface area contributed by atoms with Gasteiger partial charge in [0.1, 0.15) is 5.82 Å². The number of piperazine rings is 1. The molecule has 0 bridgehead atoms. The Morgan fingerprint density at radius 2 is 1.85 bits per heavy atom. The van der Waals surface area contributed by atoms with Crippen molar-refractivity contribution in [3.63, 3.8) is 0 Å². The van der Waals surface area contributed by atoms with Gasteiger partial charge in [-0.1, -0.05) is 18.2 Å². The fourth-order valence-electron chi connectivity index (χ4n) is 3.63. The van der Waals surface area contributed by atoms with Crippen molar-refractivity contribution in [3.05, 3.63) is 53.5 Å². The van der Waals surface area contributed by atoms with Crippen LogP contribution in [-0.4, -0.2) is 47.0 Å². The van der Waals surface area contributed by atoms with Crippen molar-refractivity contribution in [2.45, 2.75) is 6.42 Å². The van der Waals surface area contributed by atoms with Crippen LogP contribution in [0.4, 0.5) is 5.82 Å². The summed E-state index contributed by atoms with van der Waals surface area (Å²) in [5.41, 5.74) is 4.45. The van der Waals surface area contributed by atoms with Crippen LogP contribution in [0, 0.1) is 0 Å². The SMILES string of the molecule is c1ccc2c(N3CCN(CCc4ccc5ncsc5c4)CC3)nsc2c1. The highest BCUT2D eigenvalue weighted by atomic mass is 32.1. The lowest BCUT2D eigenvalue weighted by Gasteiger charge is -2.35. The first-order valence-corrected chi connectivity index (χ1v) is 10.7. The van der Waals surface area contributed by atoms with E-state index in [-0.39, 0.29) is 0 Å². The number of benzene rings is 2. The van der Waals surface area contributed by atoms with Crippen molar-refractivity contribution in [1.29, 1.82) is 0 Å². The maximum Gasteiger partial charge on any atom is 0.150 e. The Morgan fingerprint density at radius 1 is 0.962 bits per heavy atom. The van der Waals surface area contributed by atoms with Gasteiger partial charge in [-0.15, -0.1) is 11.3 Å². The average Bonchev–Trinajstić information content (AvgIpc) is 3.33. The van der Waals surface area contributed by atoms with Gasteiger partial charge in [0.05, 0.1) is 20.4 Å². The second-order valence-corrected chi connectivity index (χ2v) is 8.43. The summed E-state index contributed by atoms with van der Waals surface area (Å²) in [6, 6.07) is 15.2. The van der Waals surface area contributed by atoms with E-state index in [0.29, 0.717) is 0 Å². The molecule has 4 aromatic rings. The molecule has 0 saturated carbocycles. The zero-order chi connectivity index (χ0) is 17.3. The lowest BCUT2D eigenvalue weighted by Crippen LogP contribution is -2.47. The summed E-state index contributed by atoms with van der Waals surface area (Å²) in [5.74, 6) is 1.17. The van der Waals surface area contributed by atoms with Crippen LogP contribution in [0.1, 0.15) is 5.56 Å². The lowest BCUT2D eigenvalue weighted by molar-refractivity contribution is 0.261. The van der Waals surface area contributed by atoms with Gasteiger partial charge in [0.15, 0.2) is 0 Å². The summed E-state index contributed by atoms with van der Waals surface area (Å²) >= 11 is 3.33. The van der Waals surface area contributed by atoms with Crippen molar-refractivity contribution >= 4 is 49.0 Å². The summed E-state index contributed by atoms with van der Waals surface area (Å²) in [6.07, 6.45) is 1.10. The van der Waals surface area contributed by atoms with Crippen LogP contribution in [0.3, 0.4) is 0 Å². The molecule has 1 aliphatic rings. The minimum absolute atomic E-state index is 1.06. The summed E-state index contributed by atoms with van der Waals surface area (Å²) in [5, 5.41) is 1.30. The predicted octanol–water partition coefficient (Wildman–Crippen LogP) is 4.27. The molecule has 3 heterocycles. The number of thiazole rings is 1. The zero-order valence-corrected chi connectivity index (χ0v) is 16.1. The molecule has 2 aromatic carbocycles. The number of rotatable bonds is 4. The third kappa shape index (κ3) is 3.09. The Hall–Kier alpha value is -2.02. The Labute approximate surface area is 160 Å². The molecule has 26 heavy (non-hydrogen) atoms. The number of aromatic nitrogens is 2. The first-order chi connectivity index (χ1) is 12.9. The molecule has 5 rings (SSSR count). The molecule has 0 N–H and O–H groups in total. The minimum Gasteiger partial charge on any atom is -0.353 e. The van der Waals surface area contributed by atoms with Crippen LogP contribution in [0.2, 0.25) is 0 Å². The van der Waals surface area contributed by atoms with Gasteiger partial charge in [0.25, 0.3) is 0 Å². The smallest absolute Gasteiger partial charge is 0.150 e. The quantitative estimate of drug-likeness (QED) is 0.529. The monoisotopic (exact) mass is 380 g/mol. The molecular weight excluding hydrogens is 360 g/mol. The van der Waals surface area contributed by atoms with E-state index in [9.17, 15) is 0 Å². The third-order valence-corrected chi connectivity index (χ3v) is 6.75. The van der Waals surface area contributed by atoms with Crippen LogP contribution >= 0.6 is 22.9 Å². The molecule has 0 aliphatic carbocycles. The largest absolute Gasteiger partial charge is 0.353 e. The van der Waals surface area contributed by atoms with Gasteiger partial charge in [0.2, 0.25) is 0 Å². The summed E-state index contributed by atoms with van der Waals surface area (Å²) in [6.45, 7) is 5.45. The zero-order valence-electron chi connectivity index (χ0n) is 14.5. The molecule has 2 aromatic heterocycles. The molecule has 0 spiro atoms. The third-order valence-electron chi connectivity index (χ3n) is 5.14. The summed E-state index contributed by atoms with van der Waals surface area (Å²) in [7, 11) is 0. The Kier molecular flexibility index (Phi) is 4.32. The molecule has 0 amide bonds. The fourth-order valence-corrected chi connectivity index (χ4v) is 5.16. The van der Waals surface area contributed by atoms with E-state index in [1.165, 1.54) is 26.2 Å². The van der Waals surface area contributed by atoms with Gasteiger partial charge >= 0.3 is 0 Å². The van der Waals surface area contributed by atoms with Gasteiger partial charge in [-0.2, -0.15) is 4.37 Å². The van der Waals surface area contributed by atoms with Gasteiger partial charge in [0, 0.05) is 38.1 Å². The van der Waals surface area contributed by atoms with Gasteiger partial charge in [-0.05, 0) is 47.8 Å². The normalized spacial score (nSPS) is 15.9. The summed E-state index contributed by atoms with van der Waals surface area (Å²) in [4.78, 5) is 9.38. The van der Waals surface area contributed by atoms with Crippen LogP contribution in [0.15, 0.2) is 48.0 Å². The van der Waals surface area contributed by atoms with Crippen molar-refractivity contribution in [1.82, 2.24) is 14.3 Å². The van der Waals surface area contributed by atoms with Crippen molar-refractivity contribution in [2.75, 3.05) is 37.6 Å². The van der Waals surface area contributed by atoms with E-state index in [2.05, 4.69) is 57.2 Å². The molecule has 1 saturated heterocycles. The first-order valence-electron chi connectivity index (χ1n) is 9.01. The molecule has 4 nitrogen and oxygen atoms in total. The van der Waals surface area contributed by atoms with Crippen molar-refractivity contribution in [2.24, 2.45) is 0 Å². The average molecular weight is 381 g/mol. The molecular formula is C20H20N4S2. The maximum atomic E-state index is 4.71. The molecule has 1 fully saturated rings. The van der Waals surface area contributed by atoms with Crippen LogP contribution in [-0.2, 0) is 6.42 Å². The Morgan fingerprint density at radius 3 is 2.77 bits per heavy atom. The first kappa shape index (κ1) is 16.2.